The molecule has 0 saturated heterocycles. The molecule has 1 aliphatic rings. The zero-order valence-electron chi connectivity index (χ0n) is 23.7. The Morgan fingerprint density at radius 1 is 0.488 bits per heavy atom. The van der Waals surface area contributed by atoms with Gasteiger partial charge in [0.2, 0.25) is 0 Å². The average Bonchev–Trinajstić information content (AvgIpc) is 3.56. The van der Waals surface area contributed by atoms with E-state index in [1.807, 2.05) is 0 Å². The number of nitrogens with zero attached hydrogens (tertiary/aromatic N) is 2. The second-order valence-electron chi connectivity index (χ2n) is 11.5. The number of rotatable bonds is 3. The van der Waals surface area contributed by atoms with Crippen molar-refractivity contribution < 1.29 is 0 Å². The zero-order valence-corrected chi connectivity index (χ0v) is 23.7. The molecule has 0 bridgehead atoms. The minimum Gasteiger partial charge on any atom is -0.313 e. The number of allylic oxidation sites excluding steroid dienone is 2. The van der Waals surface area contributed by atoms with Crippen molar-refractivity contribution in [2.75, 3.05) is 0 Å². The Morgan fingerprint density at radius 3 is 2.00 bits per heavy atom. The number of aromatic nitrogens is 2. The van der Waals surface area contributed by atoms with Crippen LogP contribution in [-0.4, -0.2) is 9.13 Å². The zero-order chi connectivity index (χ0) is 28.5. The molecule has 0 aliphatic heterocycles. The highest BCUT2D eigenvalue weighted by atomic mass is 15.0. The summed E-state index contributed by atoms with van der Waals surface area (Å²) < 4.78 is 4.81. The molecule has 2 heterocycles. The number of fused-ring (bicyclic) bond motifs is 7. The molecule has 0 spiro atoms. The topological polar surface area (TPSA) is 9.86 Å². The third-order valence-corrected chi connectivity index (χ3v) is 9.06. The van der Waals surface area contributed by atoms with Crippen molar-refractivity contribution in [3.63, 3.8) is 0 Å². The van der Waals surface area contributed by atoms with Crippen LogP contribution >= 0.6 is 0 Å². The lowest BCUT2D eigenvalue weighted by molar-refractivity contribution is 0.982. The minimum atomic E-state index is 0.807. The molecular weight excluding hydrogens is 520 g/mol. The molecule has 2 heteroatoms. The van der Waals surface area contributed by atoms with E-state index in [2.05, 4.69) is 161 Å². The second-order valence-corrected chi connectivity index (χ2v) is 11.5. The standard InChI is InChI=1S/C41H28N2/c1-27-23-41-37(34-16-8-9-17-38(34)42(41)31-13-3-2-4-14-31)26-35(27)30-20-22-40-36(25-30)33-15-7-10-18-39(33)43(40)32-21-19-28-11-5-6-12-29(28)24-32/h2-22,24-26H,1,23H2. The van der Waals surface area contributed by atoms with Crippen LogP contribution in [0.4, 0.5) is 0 Å². The van der Waals surface area contributed by atoms with Crippen LogP contribution in [0.2, 0.25) is 0 Å². The van der Waals surface area contributed by atoms with Crippen molar-refractivity contribution in [2.24, 2.45) is 0 Å². The fourth-order valence-electron chi connectivity index (χ4n) is 7.09. The van der Waals surface area contributed by atoms with Gasteiger partial charge in [-0.05, 0) is 82.1 Å². The van der Waals surface area contributed by atoms with E-state index in [4.69, 9.17) is 0 Å². The van der Waals surface area contributed by atoms with Crippen LogP contribution < -0.4 is 0 Å². The van der Waals surface area contributed by atoms with Crippen LogP contribution in [-0.2, 0) is 6.42 Å². The molecular formula is C41H28N2. The maximum Gasteiger partial charge on any atom is 0.0541 e. The summed E-state index contributed by atoms with van der Waals surface area (Å²) in [6, 6.07) is 50.4. The molecule has 6 aromatic carbocycles. The van der Waals surface area contributed by atoms with Crippen LogP contribution in [0.25, 0.3) is 66.5 Å². The van der Waals surface area contributed by atoms with E-state index in [0.29, 0.717) is 0 Å². The molecule has 2 nitrogen and oxygen atoms in total. The first-order chi connectivity index (χ1) is 21.2. The van der Waals surface area contributed by atoms with E-state index < -0.39 is 0 Å². The summed E-state index contributed by atoms with van der Waals surface area (Å²) in [6.07, 6.45) is 3.17. The molecule has 0 amide bonds. The highest BCUT2D eigenvalue weighted by Gasteiger charge is 2.24. The first kappa shape index (κ1) is 24.0. The fraction of sp³-hybridized carbons (Fsp3) is 0.0244. The van der Waals surface area contributed by atoms with Crippen LogP contribution in [0.3, 0.4) is 0 Å². The van der Waals surface area contributed by atoms with E-state index in [0.717, 1.165) is 12.0 Å². The largest absolute Gasteiger partial charge is 0.313 e. The van der Waals surface area contributed by atoms with Gasteiger partial charge in [0, 0.05) is 45.2 Å². The quantitative estimate of drug-likeness (QED) is 0.208. The van der Waals surface area contributed by atoms with Gasteiger partial charge in [0.05, 0.1) is 16.6 Å². The van der Waals surface area contributed by atoms with Gasteiger partial charge in [0.25, 0.3) is 0 Å². The average molecular weight is 549 g/mol. The summed E-state index contributed by atoms with van der Waals surface area (Å²) in [5.41, 5.74) is 12.2. The lowest BCUT2D eigenvalue weighted by Crippen LogP contribution is -2.07. The van der Waals surface area contributed by atoms with E-state index in [-0.39, 0.29) is 0 Å². The van der Waals surface area contributed by atoms with Gasteiger partial charge in [0.15, 0.2) is 0 Å². The van der Waals surface area contributed by atoms with Crippen LogP contribution in [0, 0.1) is 0 Å². The predicted octanol–water partition coefficient (Wildman–Crippen LogP) is 10.5. The van der Waals surface area contributed by atoms with Crippen LogP contribution in [0.15, 0.2) is 152 Å². The Morgan fingerprint density at radius 2 is 1.16 bits per heavy atom. The highest BCUT2D eigenvalue weighted by molar-refractivity contribution is 6.11. The number of hydrogen-bond acceptors (Lipinski definition) is 0. The fourth-order valence-corrected chi connectivity index (χ4v) is 7.09. The molecule has 0 unspecified atom stereocenters. The summed E-state index contributed by atoms with van der Waals surface area (Å²) in [4.78, 5) is 0. The van der Waals surface area contributed by atoms with Gasteiger partial charge in [0.1, 0.15) is 0 Å². The highest BCUT2D eigenvalue weighted by Crippen LogP contribution is 2.42. The molecule has 43 heavy (non-hydrogen) atoms. The Hall–Kier alpha value is -5.60. The lowest BCUT2D eigenvalue weighted by atomic mass is 9.87. The number of benzene rings is 6. The first-order valence-electron chi connectivity index (χ1n) is 14.8. The third-order valence-electron chi connectivity index (χ3n) is 9.06. The van der Waals surface area contributed by atoms with E-state index >= 15 is 0 Å². The van der Waals surface area contributed by atoms with Crippen LogP contribution in [0.1, 0.15) is 16.8 Å². The SMILES string of the molecule is C=C1Cc2c(c3ccccc3n2-c2ccccc2)C=C1c1ccc2c(c1)c1ccccc1n2-c1ccc2ccccc2c1. The number of hydrogen-bond donors (Lipinski definition) is 0. The smallest absolute Gasteiger partial charge is 0.0541 e. The predicted molar refractivity (Wildman–Crippen MR) is 182 cm³/mol. The van der Waals surface area contributed by atoms with Crippen molar-refractivity contribution in [1.29, 1.82) is 0 Å². The molecule has 0 atom stereocenters. The first-order valence-corrected chi connectivity index (χ1v) is 14.8. The van der Waals surface area contributed by atoms with Gasteiger partial charge < -0.3 is 9.13 Å². The minimum absolute atomic E-state index is 0.807. The number of para-hydroxylation sites is 3. The Bertz CT molecular complexity index is 2430. The van der Waals surface area contributed by atoms with Crippen molar-refractivity contribution in [3.05, 3.63) is 168 Å². The summed E-state index contributed by atoms with van der Waals surface area (Å²) in [5, 5.41) is 6.30. The molecule has 9 rings (SSSR count). The summed E-state index contributed by atoms with van der Waals surface area (Å²) in [7, 11) is 0. The molecule has 0 N–H and O–H groups in total. The molecule has 0 saturated carbocycles. The van der Waals surface area contributed by atoms with Crippen molar-refractivity contribution >= 4 is 55.1 Å². The Balaban J connectivity index is 1.25. The molecule has 0 radical (unpaired) electrons. The molecule has 1 aliphatic carbocycles. The summed E-state index contributed by atoms with van der Waals surface area (Å²) in [6.45, 7) is 4.61. The normalized spacial score (nSPS) is 13.2. The monoisotopic (exact) mass is 548 g/mol. The van der Waals surface area contributed by atoms with E-state index in [9.17, 15) is 0 Å². The van der Waals surface area contributed by atoms with Gasteiger partial charge in [-0.1, -0.05) is 97.6 Å². The molecule has 202 valence electrons. The van der Waals surface area contributed by atoms with Crippen molar-refractivity contribution in [3.8, 4) is 11.4 Å². The molecule has 8 aromatic rings. The van der Waals surface area contributed by atoms with E-state index in [1.54, 1.807) is 0 Å². The van der Waals surface area contributed by atoms with Crippen molar-refractivity contribution in [1.82, 2.24) is 9.13 Å². The maximum atomic E-state index is 4.61. The molecule has 0 fully saturated rings. The summed E-state index contributed by atoms with van der Waals surface area (Å²) >= 11 is 0. The maximum absolute atomic E-state index is 4.61. The van der Waals surface area contributed by atoms with Gasteiger partial charge >= 0.3 is 0 Å². The lowest BCUT2D eigenvalue weighted by Gasteiger charge is -2.20. The third kappa shape index (κ3) is 3.60. The van der Waals surface area contributed by atoms with Gasteiger partial charge in [-0.25, -0.2) is 0 Å². The van der Waals surface area contributed by atoms with Gasteiger partial charge in [-0.2, -0.15) is 0 Å². The molecule has 2 aromatic heterocycles. The summed E-state index contributed by atoms with van der Waals surface area (Å²) in [5.74, 6) is 0. The van der Waals surface area contributed by atoms with Gasteiger partial charge in [-0.15, -0.1) is 0 Å². The second kappa shape index (κ2) is 9.20. The van der Waals surface area contributed by atoms with Crippen LogP contribution in [0.5, 0.6) is 0 Å². The van der Waals surface area contributed by atoms with Crippen molar-refractivity contribution in [2.45, 2.75) is 6.42 Å². The Kier molecular flexibility index (Phi) is 5.15. The van der Waals surface area contributed by atoms with Gasteiger partial charge in [-0.3, -0.25) is 0 Å². The van der Waals surface area contributed by atoms with E-state index in [1.165, 1.54) is 77.2 Å². The Labute approximate surface area is 250 Å².